The summed E-state index contributed by atoms with van der Waals surface area (Å²) in [5.41, 5.74) is 1.29. The normalized spacial score (nSPS) is 29.2. The Kier molecular flexibility index (Phi) is 5.33. The smallest absolute Gasteiger partial charge is 0.0410 e. The lowest BCUT2D eigenvalue weighted by atomic mass is 9.72. The highest BCUT2D eigenvalue weighted by atomic mass is 79.9. The van der Waals surface area contributed by atoms with Gasteiger partial charge in [0, 0.05) is 15.5 Å². The van der Waals surface area contributed by atoms with Crippen LogP contribution in [0.1, 0.15) is 44.7 Å². The highest BCUT2D eigenvalue weighted by molar-refractivity contribution is 9.10. The number of benzene rings is 1. The topological polar surface area (TPSA) is 12.0 Å². The predicted octanol–water partition coefficient (Wildman–Crippen LogP) is 5.44. The van der Waals surface area contributed by atoms with Gasteiger partial charge < -0.3 is 5.32 Å². The second-order valence-corrected chi connectivity index (χ2v) is 7.25. The van der Waals surface area contributed by atoms with Gasteiger partial charge in [-0.1, -0.05) is 47.8 Å². The summed E-state index contributed by atoms with van der Waals surface area (Å²) in [6.07, 6.45) is 3.93. The maximum atomic E-state index is 6.16. The summed E-state index contributed by atoms with van der Waals surface area (Å²) in [6.45, 7) is 4.77. The Morgan fingerprint density at radius 1 is 1.26 bits per heavy atom. The molecule has 1 fully saturated rings. The van der Waals surface area contributed by atoms with Crippen molar-refractivity contribution in [2.24, 2.45) is 17.8 Å². The average Bonchev–Trinajstić information content (AvgIpc) is 2.38. The van der Waals surface area contributed by atoms with Crippen molar-refractivity contribution in [3.8, 4) is 0 Å². The van der Waals surface area contributed by atoms with Crippen LogP contribution >= 0.6 is 27.5 Å². The van der Waals surface area contributed by atoms with Gasteiger partial charge in [-0.15, -0.1) is 0 Å². The van der Waals surface area contributed by atoms with E-state index >= 15 is 0 Å². The first kappa shape index (κ1) is 15.3. The molecule has 1 aliphatic carbocycles. The summed E-state index contributed by atoms with van der Waals surface area (Å²) in [7, 11) is 2.06. The number of rotatable bonds is 3. The molecular formula is C16H23BrClN. The van der Waals surface area contributed by atoms with Gasteiger partial charge in [0.2, 0.25) is 0 Å². The molecule has 0 radical (unpaired) electrons. The number of hydrogen-bond acceptors (Lipinski definition) is 1. The first-order valence-corrected chi connectivity index (χ1v) is 8.32. The molecule has 1 nitrogen and oxygen atoms in total. The van der Waals surface area contributed by atoms with E-state index in [2.05, 4.69) is 54.3 Å². The molecular weight excluding hydrogens is 322 g/mol. The molecule has 19 heavy (non-hydrogen) atoms. The largest absolute Gasteiger partial charge is 0.313 e. The minimum absolute atomic E-state index is 0.392. The summed E-state index contributed by atoms with van der Waals surface area (Å²) >= 11 is 9.83. The van der Waals surface area contributed by atoms with E-state index in [0.29, 0.717) is 12.0 Å². The van der Waals surface area contributed by atoms with Crippen LogP contribution < -0.4 is 5.32 Å². The van der Waals surface area contributed by atoms with Crippen LogP contribution in [-0.4, -0.2) is 7.05 Å². The molecule has 1 aliphatic rings. The molecule has 1 aromatic rings. The minimum Gasteiger partial charge on any atom is -0.313 e. The van der Waals surface area contributed by atoms with Crippen LogP contribution in [0.4, 0.5) is 0 Å². The molecule has 0 aromatic heterocycles. The van der Waals surface area contributed by atoms with Crippen molar-refractivity contribution < 1.29 is 0 Å². The Morgan fingerprint density at radius 3 is 2.63 bits per heavy atom. The lowest BCUT2D eigenvalue weighted by Crippen LogP contribution is -2.31. The summed E-state index contributed by atoms with van der Waals surface area (Å²) in [5.74, 6) is 2.37. The van der Waals surface area contributed by atoms with E-state index in [1.165, 1.54) is 24.8 Å². The van der Waals surface area contributed by atoms with Gasteiger partial charge in [-0.3, -0.25) is 0 Å². The third kappa shape index (κ3) is 3.53. The zero-order valence-corrected chi connectivity index (χ0v) is 14.3. The lowest BCUT2D eigenvalue weighted by Gasteiger charge is -2.37. The number of halogens is 2. The first-order chi connectivity index (χ1) is 9.02. The van der Waals surface area contributed by atoms with Gasteiger partial charge in [0.25, 0.3) is 0 Å². The molecule has 0 heterocycles. The lowest BCUT2D eigenvalue weighted by molar-refractivity contribution is 0.174. The summed E-state index contributed by atoms with van der Waals surface area (Å²) in [5, 5.41) is 4.32. The molecule has 1 saturated carbocycles. The Labute approximate surface area is 130 Å². The predicted molar refractivity (Wildman–Crippen MR) is 86.6 cm³/mol. The number of nitrogens with one attached hydrogen (secondary N) is 1. The molecule has 1 N–H and O–H groups in total. The molecule has 106 valence electrons. The van der Waals surface area contributed by atoms with Crippen molar-refractivity contribution in [2.45, 2.75) is 39.2 Å². The highest BCUT2D eigenvalue weighted by Gasteiger charge is 2.31. The molecule has 0 amide bonds. The molecule has 2 rings (SSSR count). The van der Waals surface area contributed by atoms with Crippen molar-refractivity contribution in [3.05, 3.63) is 33.3 Å². The van der Waals surface area contributed by atoms with E-state index < -0.39 is 0 Å². The fourth-order valence-corrected chi connectivity index (χ4v) is 3.96. The van der Waals surface area contributed by atoms with Gasteiger partial charge in [0.05, 0.1) is 0 Å². The van der Waals surface area contributed by atoms with Crippen molar-refractivity contribution in [1.29, 1.82) is 0 Å². The molecule has 4 atom stereocenters. The van der Waals surface area contributed by atoms with Gasteiger partial charge in [-0.05, 0) is 61.4 Å². The Balaban J connectivity index is 2.22. The molecule has 0 spiro atoms. The van der Waals surface area contributed by atoms with Crippen molar-refractivity contribution >= 4 is 27.5 Å². The maximum absolute atomic E-state index is 6.16. The van der Waals surface area contributed by atoms with E-state index in [4.69, 9.17) is 11.6 Å². The minimum atomic E-state index is 0.392. The molecule has 1 aromatic carbocycles. The van der Waals surface area contributed by atoms with Gasteiger partial charge in [0.15, 0.2) is 0 Å². The third-order valence-corrected chi connectivity index (χ3v) is 5.67. The summed E-state index contributed by atoms with van der Waals surface area (Å²) < 4.78 is 1.16. The third-order valence-electron chi connectivity index (χ3n) is 4.71. The van der Waals surface area contributed by atoms with E-state index in [-0.39, 0.29) is 0 Å². The van der Waals surface area contributed by atoms with Gasteiger partial charge in [-0.2, -0.15) is 0 Å². The van der Waals surface area contributed by atoms with Crippen LogP contribution in [0.2, 0.25) is 5.02 Å². The second-order valence-electron chi connectivity index (χ2n) is 5.96. The van der Waals surface area contributed by atoms with E-state index in [1.807, 2.05) is 6.07 Å². The van der Waals surface area contributed by atoms with Crippen molar-refractivity contribution in [3.63, 3.8) is 0 Å². The zero-order chi connectivity index (χ0) is 14.0. The Morgan fingerprint density at radius 2 is 2.00 bits per heavy atom. The Hall–Kier alpha value is -0.0500. The zero-order valence-electron chi connectivity index (χ0n) is 11.9. The van der Waals surface area contributed by atoms with E-state index in [0.717, 1.165) is 21.3 Å². The molecule has 3 heteroatoms. The van der Waals surface area contributed by atoms with Crippen molar-refractivity contribution in [1.82, 2.24) is 5.32 Å². The Bertz CT molecular complexity index is 435. The standard InChI is InChI=1S/C16H23BrClN/c1-10-4-5-12(8-11(10)2)16(19-3)14-9-13(18)6-7-15(14)17/h6-7,9-12,16,19H,4-5,8H2,1-3H3. The maximum Gasteiger partial charge on any atom is 0.0410 e. The molecule has 0 bridgehead atoms. The highest BCUT2D eigenvalue weighted by Crippen LogP contribution is 2.41. The van der Waals surface area contributed by atoms with Gasteiger partial charge in [0.1, 0.15) is 0 Å². The summed E-state index contributed by atoms with van der Waals surface area (Å²) in [4.78, 5) is 0. The molecule has 0 saturated heterocycles. The van der Waals surface area contributed by atoms with Crippen LogP contribution in [0.5, 0.6) is 0 Å². The van der Waals surface area contributed by atoms with Crippen LogP contribution in [0, 0.1) is 17.8 Å². The molecule has 0 aliphatic heterocycles. The van der Waals surface area contributed by atoms with Crippen LogP contribution in [0.15, 0.2) is 22.7 Å². The van der Waals surface area contributed by atoms with Crippen molar-refractivity contribution in [2.75, 3.05) is 7.05 Å². The van der Waals surface area contributed by atoms with Gasteiger partial charge >= 0.3 is 0 Å². The average molecular weight is 345 g/mol. The fraction of sp³-hybridized carbons (Fsp3) is 0.625. The quantitative estimate of drug-likeness (QED) is 0.770. The van der Waals surface area contributed by atoms with E-state index in [9.17, 15) is 0 Å². The summed E-state index contributed by atoms with van der Waals surface area (Å²) in [6, 6.07) is 6.47. The fourth-order valence-electron chi connectivity index (χ4n) is 3.29. The monoisotopic (exact) mass is 343 g/mol. The van der Waals surface area contributed by atoms with E-state index in [1.54, 1.807) is 0 Å². The van der Waals surface area contributed by atoms with Gasteiger partial charge in [-0.25, -0.2) is 0 Å². The SMILES string of the molecule is CNC(c1cc(Cl)ccc1Br)C1CCC(C)C(C)C1. The van der Waals surface area contributed by atoms with Crippen LogP contribution in [0.25, 0.3) is 0 Å². The first-order valence-electron chi connectivity index (χ1n) is 7.15. The molecule has 4 unspecified atom stereocenters. The van der Waals surface area contributed by atoms with Crippen LogP contribution in [0.3, 0.4) is 0 Å². The number of hydrogen-bond donors (Lipinski definition) is 1. The van der Waals surface area contributed by atoms with Crippen LogP contribution in [-0.2, 0) is 0 Å². The second kappa shape index (κ2) is 6.60.